The van der Waals surface area contributed by atoms with Crippen molar-refractivity contribution >= 4 is 32.1 Å². The minimum absolute atomic E-state index is 0.240. The van der Waals surface area contributed by atoms with Crippen LogP contribution in [0.3, 0.4) is 0 Å². The molecule has 4 heterocycles. The van der Waals surface area contributed by atoms with Crippen LogP contribution in [-0.4, -0.2) is 40.0 Å². The molecule has 1 saturated carbocycles. The summed E-state index contributed by atoms with van der Waals surface area (Å²) in [5, 5.41) is 13.4. The summed E-state index contributed by atoms with van der Waals surface area (Å²) in [6, 6.07) is 13.0. The highest BCUT2D eigenvalue weighted by molar-refractivity contribution is 7.90. The van der Waals surface area contributed by atoms with E-state index in [1.165, 1.54) is 3.97 Å². The van der Waals surface area contributed by atoms with Crippen molar-refractivity contribution in [2.75, 3.05) is 13.1 Å². The van der Waals surface area contributed by atoms with E-state index in [-0.39, 0.29) is 10.9 Å². The molecule has 0 radical (unpaired) electrons. The standard InChI is InChI=1S/C27H30N6O2S/c28-14-10-19-6-8-21(9-7-19)33-25-23-13-17-32(36(34,35)22-4-2-1-3-5-22)27(23)30-18-24(25)31-26(33)20-11-15-29-16-12-20/h1-5,13,17-21,29H,6-12,15-16H2. The summed E-state index contributed by atoms with van der Waals surface area (Å²) in [5.74, 6) is 1.92. The normalized spacial score (nSPS) is 21.6. The van der Waals surface area contributed by atoms with Gasteiger partial charge in [-0.2, -0.15) is 5.26 Å². The molecule has 2 aliphatic rings. The van der Waals surface area contributed by atoms with E-state index >= 15 is 0 Å². The number of hydrogen-bond acceptors (Lipinski definition) is 6. The third-order valence-corrected chi connectivity index (χ3v) is 9.60. The van der Waals surface area contributed by atoms with Crippen LogP contribution in [0.1, 0.15) is 62.7 Å². The summed E-state index contributed by atoms with van der Waals surface area (Å²) in [6.45, 7) is 1.95. The van der Waals surface area contributed by atoms with Crippen LogP contribution in [0.25, 0.3) is 22.1 Å². The van der Waals surface area contributed by atoms with E-state index in [0.29, 0.717) is 23.9 Å². The lowest BCUT2D eigenvalue weighted by molar-refractivity contribution is 0.272. The molecule has 0 atom stereocenters. The van der Waals surface area contributed by atoms with Gasteiger partial charge in [-0.15, -0.1) is 0 Å². The van der Waals surface area contributed by atoms with Crippen LogP contribution in [0.4, 0.5) is 0 Å². The van der Waals surface area contributed by atoms with Crippen molar-refractivity contribution in [2.24, 2.45) is 5.92 Å². The van der Waals surface area contributed by atoms with Crippen LogP contribution in [0.5, 0.6) is 0 Å². The Kier molecular flexibility index (Phi) is 6.02. The first-order chi connectivity index (χ1) is 17.6. The number of aromatic nitrogens is 4. The predicted molar refractivity (Wildman–Crippen MR) is 138 cm³/mol. The SMILES string of the molecule is N#CCC1CCC(n2c(C3CCNCC3)nc3cnc4c(ccn4S(=O)(=O)c4ccccc4)c32)CC1. The molecule has 0 unspecified atom stereocenters. The first kappa shape index (κ1) is 23.2. The van der Waals surface area contributed by atoms with Gasteiger partial charge in [-0.3, -0.25) is 0 Å². The molecule has 1 aliphatic carbocycles. The molecule has 4 aromatic rings. The van der Waals surface area contributed by atoms with Crippen LogP contribution < -0.4 is 5.32 Å². The largest absolute Gasteiger partial charge is 0.324 e. The summed E-state index contributed by atoms with van der Waals surface area (Å²) in [6.07, 6.45) is 10.1. The molecule has 1 N–H and O–H groups in total. The Bertz CT molecular complexity index is 1540. The average Bonchev–Trinajstić information content (AvgIpc) is 3.53. The zero-order chi connectivity index (χ0) is 24.7. The molecule has 186 valence electrons. The van der Waals surface area contributed by atoms with E-state index in [9.17, 15) is 8.42 Å². The fourth-order valence-corrected chi connectivity index (χ4v) is 7.36. The number of nitrogens with one attached hydrogen (secondary N) is 1. The summed E-state index contributed by atoms with van der Waals surface area (Å²) in [5.41, 5.74) is 2.24. The van der Waals surface area contributed by atoms with Crippen molar-refractivity contribution in [1.82, 2.24) is 23.8 Å². The van der Waals surface area contributed by atoms with Gasteiger partial charge in [0.25, 0.3) is 10.0 Å². The Morgan fingerprint density at radius 3 is 2.50 bits per heavy atom. The Balaban J connectivity index is 1.51. The minimum atomic E-state index is -3.77. The van der Waals surface area contributed by atoms with E-state index in [1.807, 2.05) is 6.07 Å². The number of imidazole rings is 1. The third-order valence-electron chi connectivity index (χ3n) is 7.92. The smallest absolute Gasteiger partial charge is 0.269 e. The van der Waals surface area contributed by atoms with Crippen LogP contribution >= 0.6 is 0 Å². The maximum Gasteiger partial charge on any atom is 0.269 e. The highest BCUT2D eigenvalue weighted by atomic mass is 32.2. The summed E-state index contributed by atoms with van der Waals surface area (Å²) >= 11 is 0. The van der Waals surface area contributed by atoms with Crippen LogP contribution in [0.2, 0.25) is 0 Å². The lowest BCUT2D eigenvalue weighted by atomic mass is 9.84. The molecule has 8 nitrogen and oxygen atoms in total. The zero-order valence-electron chi connectivity index (χ0n) is 20.2. The molecule has 9 heteroatoms. The number of hydrogen-bond donors (Lipinski definition) is 1. The lowest BCUT2D eigenvalue weighted by Crippen LogP contribution is -2.29. The van der Waals surface area contributed by atoms with Crippen molar-refractivity contribution in [3.8, 4) is 6.07 Å². The van der Waals surface area contributed by atoms with Gasteiger partial charge in [0.15, 0.2) is 5.65 Å². The number of nitrogens with zero attached hydrogens (tertiary/aromatic N) is 5. The van der Waals surface area contributed by atoms with Gasteiger partial charge in [-0.1, -0.05) is 18.2 Å². The van der Waals surface area contributed by atoms with Gasteiger partial charge in [-0.05, 0) is 75.7 Å². The van der Waals surface area contributed by atoms with Gasteiger partial charge in [0.1, 0.15) is 11.3 Å². The number of nitriles is 1. The van der Waals surface area contributed by atoms with Crippen molar-refractivity contribution in [3.63, 3.8) is 0 Å². The second kappa shape index (κ2) is 9.34. The maximum absolute atomic E-state index is 13.4. The molecule has 36 heavy (non-hydrogen) atoms. The molecule has 6 rings (SSSR count). The van der Waals surface area contributed by atoms with Crippen molar-refractivity contribution in [2.45, 2.75) is 61.8 Å². The minimum Gasteiger partial charge on any atom is -0.324 e. The summed E-state index contributed by atoms with van der Waals surface area (Å²) < 4.78 is 30.6. The predicted octanol–water partition coefficient (Wildman–Crippen LogP) is 4.73. The van der Waals surface area contributed by atoms with Gasteiger partial charge in [-0.25, -0.2) is 22.4 Å². The molecule has 1 aromatic carbocycles. The van der Waals surface area contributed by atoms with Crippen LogP contribution in [0, 0.1) is 17.2 Å². The molecule has 0 amide bonds. The van der Waals surface area contributed by atoms with Gasteiger partial charge >= 0.3 is 0 Å². The van der Waals surface area contributed by atoms with Crippen molar-refractivity contribution < 1.29 is 8.42 Å². The van der Waals surface area contributed by atoms with E-state index < -0.39 is 10.0 Å². The van der Waals surface area contributed by atoms with Gasteiger partial charge in [0, 0.05) is 30.0 Å². The number of rotatable bonds is 5. The Morgan fingerprint density at radius 2 is 1.78 bits per heavy atom. The maximum atomic E-state index is 13.4. The van der Waals surface area contributed by atoms with Gasteiger partial charge in [0.05, 0.1) is 22.7 Å². The van der Waals surface area contributed by atoms with E-state index in [1.54, 1.807) is 42.7 Å². The van der Waals surface area contributed by atoms with Gasteiger partial charge < -0.3 is 9.88 Å². The lowest BCUT2D eigenvalue weighted by Gasteiger charge is -2.32. The quantitative estimate of drug-likeness (QED) is 0.423. The van der Waals surface area contributed by atoms with Crippen molar-refractivity contribution in [3.05, 3.63) is 54.6 Å². The van der Waals surface area contributed by atoms with Crippen LogP contribution in [-0.2, 0) is 10.0 Å². The van der Waals surface area contributed by atoms with E-state index in [0.717, 1.165) is 73.9 Å². The fraction of sp³-hybridized carbons (Fsp3) is 0.444. The molecule has 1 aliphatic heterocycles. The molecule has 3 aromatic heterocycles. The molecule has 0 bridgehead atoms. The Labute approximate surface area is 211 Å². The molecular formula is C27H30N6O2S. The number of piperidine rings is 1. The molecule has 0 spiro atoms. The highest BCUT2D eigenvalue weighted by Crippen LogP contribution is 2.41. The first-order valence-corrected chi connectivity index (χ1v) is 14.3. The fourth-order valence-electron chi connectivity index (χ4n) is 6.04. The number of benzene rings is 1. The summed E-state index contributed by atoms with van der Waals surface area (Å²) in [7, 11) is -3.77. The highest BCUT2D eigenvalue weighted by Gasteiger charge is 2.31. The second-order valence-electron chi connectivity index (χ2n) is 10.1. The molecular weight excluding hydrogens is 472 g/mol. The van der Waals surface area contributed by atoms with E-state index in [4.69, 9.17) is 10.2 Å². The number of fused-ring (bicyclic) bond motifs is 3. The summed E-state index contributed by atoms with van der Waals surface area (Å²) in [4.78, 5) is 9.95. The van der Waals surface area contributed by atoms with Crippen LogP contribution in [0.15, 0.2) is 53.7 Å². The molecule has 2 fully saturated rings. The van der Waals surface area contributed by atoms with E-state index in [2.05, 4.69) is 20.9 Å². The third kappa shape index (κ3) is 3.89. The second-order valence-corrected chi connectivity index (χ2v) is 11.9. The Hall–Kier alpha value is -3.22. The average molecular weight is 503 g/mol. The topological polar surface area (TPSA) is 106 Å². The zero-order valence-corrected chi connectivity index (χ0v) is 21.0. The molecule has 1 saturated heterocycles. The van der Waals surface area contributed by atoms with Crippen molar-refractivity contribution in [1.29, 1.82) is 5.26 Å². The van der Waals surface area contributed by atoms with Gasteiger partial charge in [0.2, 0.25) is 0 Å². The Morgan fingerprint density at radius 1 is 1.03 bits per heavy atom. The number of pyridine rings is 1. The first-order valence-electron chi connectivity index (χ1n) is 12.8. The monoisotopic (exact) mass is 502 g/mol.